The number of nitrogens with zero attached hydrogens (tertiary/aromatic N) is 3. The molecule has 0 aliphatic carbocycles. The van der Waals surface area contributed by atoms with E-state index in [9.17, 15) is 4.79 Å². The molecule has 1 fully saturated rings. The Morgan fingerprint density at radius 3 is 2.81 bits per heavy atom. The molecule has 1 saturated heterocycles. The zero-order chi connectivity index (χ0) is 22.1. The van der Waals surface area contributed by atoms with Crippen molar-refractivity contribution in [2.75, 3.05) is 19.6 Å². The van der Waals surface area contributed by atoms with Crippen LogP contribution >= 0.6 is 23.2 Å². The van der Waals surface area contributed by atoms with Crippen LogP contribution in [0.4, 0.5) is 0 Å². The molecule has 1 N–H and O–H groups in total. The van der Waals surface area contributed by atoms with Gasteiger partial charge < -0.3 is 10.2 Å². The van der Waals surface area contributed by atoms with Gasteiger partial charge in [0.1, 0.15) is 0 Å². The van der Waals surface area contributed by atoms with Gasteiger partial charge >= 0.3 is 0 Å². The lowest BCUT2D eigenvalue weighted by Crippen LogP contribution is -2.49. The van der Waals surface area contributed by atoms with Gasteiger partial charge in [-0.15, -0.1) is 0 Å². The van der Waals surface area contributed by atoms with Crippen LogP contribution in [-0.4, -0.2) is 46.3 Å². The summed E-state index contributed by atoms with van der Waals surface area (Å²) in [6.07, 6.45) is 8.19. The first-order valence-electron chi connectivity index (χ1n) is 11.2. The third-order valence-corrected chi connectivity index (χ3v) is 7.07. The number of carbonyl (C=O) groups excluding carboxylic acids is 1. The summed E-state index contributed by atoms with van der Waals surface area (Å²) in [7, 11) is 0. The number of piperidine rings is 1. The molecule has 3 heterocycles. The van der Waals surface area contributed by atoms with Gasteiger partial charge in [0.15, 0.2) is 0 Å². The third kappa shape index (κ3) is 4.42. The summed E-state index contributed by atoms with van der Waals surface area (Å²) >= 11 is 12.4. The molecule has 1 amide bonds. The molecule has 5 rings (SSSR count). The molecule has 1 atom stereocenters. The van der Waals surface area contributed by atoms with E-state index in [2.05, 4.69) is 34.7 Å². The molecule has 2 aromatic carbocycles. The number of aromatic nitrogens is 2. The van der Waals surface area contributed by atoms with Crippen LogP contribution in [0.1, 0.15) is 36.8 Å². The number of hydrogen-bond acceptors (Lipinski definition) is 3. The Balaban J connectivity index is 1.34. The fourth-order valence-corrected chi connectivity index (χ4v) is 5.09. The molecule has 32 heavy (non-hydrogen) atoms. The smallest absolute Gasteiger partial charge is 0.239 e. The molecule has 0 unspecified atom stereocenters. The summed E-state index contributed by atoms with van der Waals surface area (Å²) in [6, 6.07) is 12.0. The number of halogens is 2. The highest BCUT2D eigenvalue weighted by atomic mass is 35.5. The van der Waals surface area contributed by atoms with Crippen molar-refractivity contribution >= 4 is 45.6 Å². The molecule has 5 nitrogen and oxygen atoms in total. The lowest BCUT2D eigenvalue weighted by atomic mass is 9.97. The third-order valence-electron chi connectivity index (χ3n) is 6.48. The Kier molecular flexibility index (Phi) is 6.22. The van der Waals surface area contributed by atoms with Gasteiger partial charge in [0, 0.05) is 28.5 Å². The lowest BCUT2D eigenvalue weighted by molar-refractivity contribution is -0.133. The van der Waals surface area contributed by atoms with E-state index in [0.717, 1.165) is 55.2 Å². The number of fused-ring (bicyclic) bond motifs is 1. The topological polar surface area (TPSA) is 50.2 Å². The monoisotopic (exact) mass is 468 g/mol. The first-order valence-corrected chi connectivity index (χ1v) is 12.0. The van der Waals surface area contributed by atoms with Crippen LogP contribution in [0.15, 0.2) is 48.7 Å². The molecule has 1 aromatic heterocycles. The first-order chi connectivity index (χ1) is 15.6. The van der Waals surface area contributed by atoms with E-state index in [0.29, 0.717) is 23.1 Å². The normalized spacial score (nSPS) is 19.2. The summed E-state index contributed by atoms with van der Waals surface area (Å²) in [5.74, 6) is 0.244. The Morgan fingerprint density at radius 1 is 1.16 bits per heavy atom. The van der Waals surface area contributed by atoms with E-state index in [1.807, 2.05) is 27.9 Å². The highest BCUT2D eigenvalue weighted by Gasteiger charge is 2.26. The number of rotatable bonds is 4. The molecule has 0 radical (unpaired) electrons. The molecule has 7 heteroatoms. The molecule has 0 spiro atoms. The van der Waals surface area contributed by atoms with Gasteiger partial charge in [-0.05, 0) is 60.7 Å². The van der Waals surface area contributed by atoms with Gasteiger partial charge in [-0.2, -0.15) is 5.10 Å². The van der Waals surface area contributed by atoms with Crippen LogP contribution in [0.2, 0.25) is 10.0 Å². The molecule has 3 aromatic rings. The maximum atomic E-state index is 12.8. The molecule has 166 valence electrons. The van der Waals surface area contributed by atoms with E-state index >= 15 is 0 Å². The van der Waals surface area contributed by atoms with Crippen molar-refractivity contribution in [1.82, 2.24) is 20.0 Å². The second-order valence-corrected chi connectivity index (χ2v) is 9.42. The largest absolute Gasteiger partial charge is 0.337 e. The molecule has 0 bridgehead atoms. The van der Waals surface area contributed by atoms with Gasteiger partial charge in [-0.3, -0.25) is 9.48 Å². The summed E-state index contributed by atoms with van der Waals surface area (Å²) in [6.45, 7) is 2.96. The molecule has 0 saturated carbocycles. The Labute approximate surface area is 198 Å². The first kappa shape index (κ1) is 21.5. The van der Waals surface area contributed by atoms with E-state index in [1.54, 1.807) is 6.07 Å². The zero-order valence-corrected chi connectivity index (χ0v) is 19.4. The minimum atomic E-state index is -0.0101. The minimum Gasteiger partial charge on any atom is -0.337 e. The number of amides is 1. The highest BCUT2D eigenvalue weighted by molar-refractivity contribution is 6.35. The second kappa shape index (κ2) is 9.26. The maximum absolute atomic E-state index is 12.8. The van der Waals surface area contributed by atoms with E-state index in [-0.39, 0.29) is 11.9 Å². The molecular weight excluding hydrogens is 443 g/mol. The quantitative estimate of drug-likeness (QED) is 0.575. The maximum Gasteiger partial charge on any atom is 0.239 e. The van der Waals surface area contributed by atoms with Crippen LogP contribution in [0.5, 0.6) is 0 Å². The van der Waals surface area contributed by atoms with Crippen molar-refractivity contribution in [1.29, 1.82) is 0 Å². The average molecular weight is 469 g/mol. The fraction of sp³-hybridized carbons (Fsp3) is 0.360. The summed E-state index contributed by atoms with van der Waals surface area (Å²) < 4.78 is 1.97. The summed E-state index contributed by atoms with van der Waals surface area (Å²) in [5.41, 5.74) is 4.52. The molecular formula is C25H26Cl2N4O. The lowest BCUT2D eigenvalue weighted by Gasteiger charge is -2.32. The van der Waals surface area contributed by atoms with Crippen molar-refractivity contribution in [2.45, 2.75) is 38.3 Å². The number of hydrogen-bond donors (Lipinski definition) is 1. The van der Waals surface area contributed by atoms with Crippen LogP contribution < -0.4 is 5.32 Å². The highest BCUT2D eigenvalue weighted by Crippen LogP contribution is 2.28. The van der Waals surface area contributed by atoms with E-state index in [4.69, 9.17) is 23.2 Å². The number of nitrogens with one attached hydrogen (secondary N) is 1. The SMILES string of the molecule is O=C([C@H]1CCCCN1)N1CC=C(c2ccc3cnn(Cc4ccc(Cl)cc4Cl)c3c2)CC1. The van der Waals surface area contributed by atoms with Crippen molar-refractivity contribution in [3.8, 4) is 0 Å². The standard InChI is InChI=1S/C25H26Cl2N4O/c26-21-7-6-20(22(27)14-21)16-31-24-13-18(4-5-19(24)15-29-31)17-8-11-30(12-9-17)25(32)23-3-1-2-10-28-23/h4-8,13-15,23,28H,1-3,9-12,16H2/t23-/m1/s1. The van der Waals surface area contributed by atoms with E-state index in [1.165, 1.54) is 11.1 Å². The Hall–Kier alpha value is -2.34. The zero-order valence-electron chi connectivity index (χ0n) is 17.9. The van der Waals surface area contributed by atoms with Gasteiger partial charge in [0.2, 0.25) is 5.91 Å². The van der Waals surface area contributed by atoms with Crippen molar-refractivity contribution in [2.24, 2.45) is 0 Å². The number of carbonyl (C=O) groups is 1. The minimum absolute atomic E-state index is 0.0101. The van der Waals surface area contributed by atoms with Crippen molar-refractivity contribution in [3.05, 3.63) is 69.8 Å². The predicted octanol–water partition coefficient (Wildman–Crippen LogP) is 5.15. The van der Waals surface area contributed by atoms with Crippen molar-refractivity contribution in [3.63, 3.8) is 0 Å². The number of benzene rings is 2. The van der Waals surface area contributed by atoms with Crippen molar-refractivity contribution < 1.29 is 4.79 Å². The molecule has 2 aliphatic rings. The van der Waals surface area contributed by atoms with Gasteiger partial charge in [0.05, 0.1) is 24.3 Å². The van der Waals surface area contributed by atoms with Gasteiger partial charge in [-0.25, -0.2) is 0 Å². The fourth-order valence-electron chi connectivity index (χ4n) is 4.62. The van der Waals surface area contributed by atoms with Crippen LogP contribution in [-0.2, 0) is 11.3 Å². The second-order valence-electron chi connectivity index (χ2n) is 8.58. The summed E-state index contributed by atoms with van der Waals surface area (Å²) in [5, 5.41) is 10.3. The molecule has 2 aliphatic heterocycles. The predicted molar refractivity (Wildman–Crippen MR) is 130 cm³/mol. The van der Waals surface area contributed by atoms with Crippen LogP contribution in [0, 0.1) is 0 Å². The van der Waals surface area contributed by atoms with Crippen LogP contribution in [0.25, 0.3) is 16.5 Å². The van der Waals surface area contributed by atoms with E-state index < -0.39 is 0 Å². The van der Waals surface area contributed by atoms with Gasteiger partial charge in [-0.1, -0.05) is 53.9 Å². The van der Waals surface area contributed by atoms with Gasteiger partial charge in [0.25, 0.3) is 0 Å². The summed E-state index contributed by atoms with van der Waals surface area (Å²) in [4.78, 5) is 14.8. The average Bonchev–Trinajstić information content (AvgIpc) is 3.23. The Bertz CT molecular complexity index is 1180. The Morgan fingerprint density at radius 2 is 2.06 bits per heavy atom. The van der Waals surface area contributed by atoms with Crippen LogP contribution in [0.3, 0.4) is 0 Å².